The van der Waals surface area contributed by atoms with E-state index >= 15 is 0 Å². The molecule has 0 N–H and O–H groups in total. The lowest BCUT2D eigenvalue weighted by Gasteiger charge is -2.33. The zero-order chi connectivity index (χ0) is 25.6. The zero-order valence-corrected chi connectivity index (χ0v) is 24.6. The van der Waals surface area contributed by atoms with Crippen LogP contribution in [0.5, 0.6) is 0 Å². The SMILES string of the molecule is CCCCCCCCCCC1(CCCCCCCCCC)c2cc(Br)ccc2-c2ccc(C=O)cc21. The van der Waals surface area contributed by atoms with Crippen LogP contribution in [-0.4, -0.2) is 6.29 Å². The molecular formula is C34H49BrO. The third-order valence-corrected chi connectivity index (χ3v) is 8.89. The van der Waals surface area contributed by atoms with Gasteiger partial charge in [0.15, 0.2) is 0 Å². The number of halogens is 1. The lowest BCUT2D eigenvalue weighted by molar-refractivity contribution is 0.112. The van der Waals surface area contributed by atoms with E-state index in [0.29, 0.717) is 0 Å². The Bertz CT molecular complexity index is 911. The number of carbonyl (C=O) groups is 1. The first-order chi connectivity index (χ1) is 17.7. The molecule has 3 rings (SSSR count). The second-order valence-electron chi connectivity index (χ2n) is 11.1. The Morgan fingerprint density at radius 2 is 1.06 bits per heavy atom. The first kappa shape index (κ1) is 29.2. The summed E-state index contributed by atoms with van der Waals surface area (Å²) in [6.07, 6.45) is 25.0. The molecule has 0 aliphatic heterocycles. The standard InChI is InChI=1S/C34H49BrO/c1-3-5-7-9-11-13-15-17-23-34(24-18-16-14-12-10-8-6-4-2)32-25-28(27-36)19-21-30(32)31-22-20-29(35)26-33(31)34/h19-22,25-27H,3-18,23-24H2,1-2H3. The van der Waals surface area contributed by atoms with Crippen molar-refractivity contribution in [1.29, 1.82) is 0 Å². The van der Waals surface area contributed by atoms with Crippen molar-refractivity contribution < 1.29 is 4.79 Å². The van der Waals surface area contributed by atoms with Crippen molar-refractivity contribution in [1.82, 2.24) is 0 Å². The highest BCUT2D eigenvalue weighted by molar-refractivity contribution is 9.10. The molecule has 198 valence electrons. The van der Waals surface area contributed by atoms with E-state index in [1.807, 2.05) is 6.07 Å². The molecule has 0 bridgehead atoms. The minimum atomic E-state index is 0.0396. The van der Waals surface area contributed by atoms with E-state index < -0.39 is 0 Å². The van der Waals surface area contributed by atoms with Gasteiger partial charge in [-0.25, -0.2) is 0 Å². The van der Waals surface area contributed by atoms with Gasteiger partial charge in [-0.3, -0.25) is 4.79 Å². The van der Waals surface area contributed by atoms with Gasteiger partial charge in [-0.05, 0) is 53.3 Å². The second kappa shape index (κ2) is 15.8. The third kappa shape index (κ3) is 7.80. The Hall–Kier alpha value is -1.41. The summed E-state index contributed by atoms with van der Waals surface area (Å²) in [4.78, 5) is 11.8. The lowest BCUT2D eigenvalue weighted by Crippen LogP contribution is -2.25. The predicted octanol–water partition coefficient (Wildman–Crippen LogP) is 11.6. The van der Waals surface area contributed by atoms with Crippen LogP contribution in [0.4, 0.5) is 0 Å². The highest BCUT2D eigenvalue weighted by Gasteiger charge is 2.42. The van der Waals surface area contributed by atoms with E-state index in [-0.39, 0.29) is 5.41 Å². The number of aldehydes is 1. The van der Waals surface area contributed by atoms with Crippen molar-refractivity contribution in [2.45, 2.75) is 135 Å². The van der Waals surface area contributed by atoms with Crippen molar-refractivity contribution in [3.8, 4) is 11.1 Å². The van der Waals surface area contributed by atoms with Crippen LogP contribution in [0.2, 0.25) is 0 Å². The number of carbonyl (C=O) groups excluding carboxylic acids is 1. The maximum Gasteiger partial charge on any atom is 0.150 e. The maximum atomic E-state index is 11.8. The minimum Gasteiger partial charge on any atom is -0.298 e. The van der Waals surface area contributed by atoms with Crippen LogP contribution in [0.15, 0.2) is 40.9 Å². The van der Waals surface area contributed by atoms with E-state index in [1.54, 1.807) is 0 Å². The van der Waals surface area contributed by atoms with Crippen LogP contribution >= 0.6 is 15.9 Å². The van der Waals surface area contributed by atoms with Crippen LogP contribution in [0.1, 0.15) is 151 Å². The summed E-state index contributed by atoms with van der Waals surface area (Å²) in [5, 5.41) is 0. The highest BCUT2D eigenvalue weighted by Crippen LogP contribution is 2.55. The summed E-state index contributed by atoms with van der Waals surface area (Å²) < 4.78 is 1.17. The summed E-state index contributed by atoms with van der Waals surface area (Å²) in [7, 11) is 0. The van der Waals surface area contributed by atoms with E-state index in [1.165, 1.54) is 142 Å². The number of fused-ring (bicyclic) bond motifs is 3. The molecule has 0 aromatic heterocycles. The van der Waals surface area contributed by atoms with Gasteiger partial charge in [0.1, 0.15) is 6.29 Å². The van der Waals surface area contributed by atoms with E-state index in [4.69, 9.17) is 0 Å². The first-order valence-electron chi connectivity index (χ1n) is 15.1. The molecule has 0 atom stereocenters. The Labute approximate surface area is 230 Å². The fraction of sp³-hybridized carbons (Fsp3) is 0.618. The van der Waals surface area contributed by atoms with Gasteiger partial charge >= 0.3 is 0 Å². The Balaban J connectivity index is 1.74. The Kier molecular flexibility index (Phi) is 12.8. The molecule has 0 amide bonds. The van der Waals surface area contributed by atoms with Gasteiger partial charge in [-0.15, -0.1) is 0 Å². The maximum absolute atomic E-state index is 11.8. The van der Waals surface area contributed by atoms with E-state index in [2.05, 4.69) is 60.1 Å². The monoisotopic (exact) mass is 552 g/mol. The number of rotatable bonds is 19. The van der Waals surface area contributed by atoms with E-state index in [9.17, 15) is 4.79 Å². The summed E-state index contributed by atoms with van der Waals surface area (Å²) >= 11 is 3.78. The van der Waals surface area contributed by atoms with Crippen LogP contribution in [0, 0.1) is 0 Å². The van der Waals surface area contributed by atoms with Crippen molar-refractivity contribution >= 4 is 22.2 Å². The van der Waals surface area contributed by atoms with Gasteiger partial charge in [0.2, 0.25) is 0 Å². The Morgan fingerprint density at radius 3 is 1.56 bits per heavy atom. The van der Waals surface area contributed by atoms with Crippen molar-refractivity contribution in [3.63, 3.8) is 0 Å². The molecule has 0 unspecified atom stereocenters. The second-order valence-corrected chi connectivity index (χ2v) is 12.1. The molecule has 0 fully saturated rings. The van der Waals surface area contributed by atoms with Crippen molar-refractivity contribution in [2.75, 3.05) is 0 Å². The molecule has 1 aliphatic rings. The fourth-order valence-electron chi connectivity index (χ4n) is 6.34. The molecular weight excluding hydrogens is 504 g/mol. The van der Waals surface area contributed by atoms with Gasteiger partial charge in [-0.1, -0.05) is 151 Å². The van der Waals surface area contributed by atoms with Gasteiger partial charge in [-0.2, -0.15) is 0 Å². The molecule has 0 radical (unpaired) electrons. The average molecular weight is 554 g/mol. The quantitative estimate of drug-likeness (QED) is 0.125. The normalized spacial score (nSPS) is 13.5. The van der Waals surface area contributed by atoms with Crippen molar-refractivity contribution in [3.05, 3.63) is 57.6 Å². The topological polar surface area (TPSA) is 17.1 Å². The first-order valence-corrected chi connectivity index (χ1v) is 15.9. The zero-order valence-electron chi connectivity index (χ0n) is 23.1. The van der Waals surface area contributed by atoms with Crippen LogP contribution < -0.4 is 0 Å². The minimum absolute atomic E-state index is 0.0396. The molecule has 0 spiro atoms. The van der Waals surface area contributed by atoms with Gasteiger partial charge < -0.3 is 0 Å². The summed E-state index contributed by atoms with van der Waals surface area (Å²) in [5.74, 6) is 0. The van der Waals surface area contributed by atoms with E-state index in [0.717, 1.165) is 11.8 Å². The fourth-order valence-corrected chi connectivity index (χ4v) is 6.70. The largest absolute Gasteiger partial charge is 0.298 e. The lowest BCUT2D eigenvalue weighted by atomic mass is 9.70. The third-order valence-electron chi connectivity index (χ3n) is 8.40. The summed E-state index contributed by atoms with van der Waals surface area (Å²) in [5.41, 5.74) is 6.48. The summed E-state index contributed by atoms with van der Waals surface area (Å²) in [6.45, 7) is 4.58. The Morgan fingerprint density at radius 1 is 0.611 bits per heavy atom. The van der Waals surface area contributed by atoms with Gasteiger partial charge in [0, 0.05) is 15.5 Å². The predicted molar refractivity (Wildman–Crippen MR) is 160 cm³/mol. The smallest absolute Gasteiger partial charge is 0.150 e. The highest BCUT2D eigenvalue weighted by atomic mass is 79.9. The van der Waals surface area contributed by atoms with Crippen molar-refractivity contribution in [2.24, 2.45) is 0 Å². The molecule has 0 saturated heterocycles. The molecule has 2 heteroatoms. The number of benzene rings is 2. The molecule has 0 heterocycles. The number of unbranched alkanes of at least 4 members (excludes halogenated alkanes) is 14. The van der Waals surface area contributed by atoms with Crippen LogP contribution in [0.3, 0.4) is 0 Å². The van der Waals surface area contributed by atoms with Gasteiger partial charge in [0.05, 0.1) is 0 Å². The van der Waals surface area contributed by atoms with Gasteiger partial charge in [0.25, 0.3) is 0 Å². The summed E-state index contributed by atoms with van der Waals surface area (Å²) in [6, 6.07) is 13.3. The van der Waals surface area contributed by atoms with Crippen LogP contribution in [0.25, 0.3) is 11.1 Å². The molecule has 1 aliphatic carbocycles. The molecule has 36 heavy (non-hydrogen) atoms. The number of hydrogen-bond acceptors (Lipinski definition) is 1. The molecule has 0 saturated carbocycles. The number of hydrogen-bond donors (Lipinski definition) is 0. The average Bonchev–Trinajstić information content (AvgIpc) is 3.15. The molecule has 2 aromatic carbocycles. The molecule has 2 aromatic rings. The molecule has 1 nitrogen and oxygen atoms in total. The van der Waals surface area contributed by atoms with Crippen LogP contribution in [-0.2, 0) is 5.41 Å².